The maximum atomic E-state index is 12.1. The first-order valence-electron chi connectivity index (χ1n) is 6.38. The van der Waals surface area contributed by atoms with E-state index in [2.05, 4.69) is 20.6 Å². The van der Waals surface area contributed by atoms with Gasteiger partial charge in [0.05, 0.1) is 6.20 Å². The Balaban J connectivity index is 2.06. The zero-order valence-corrected chi connectivity index (χ0v) is 11.0. The van der Waals surface area contributed by atoms with Crippen LogP contribution in [-0.4, -0.2) is 33.6 Å². The number of fused-ring (bicyclic) bond motifs is 1. The average molecular weight is 287 g/mol. The fourth-order valence-corrected chi connectivity index (χ4v) is 1.81. The van der Waals surface area contributed by atoms with Gasteiger partial charge in [-0.15, -0.1) is 0 Å². The smallest absolute Gasteiger partial charge is 0.369 e. The molecule has 2 aromatic rings. The molecule has 0 aliphatic carbocycles. The Kier molecular flexibility index (Phi) is 4.31. The Morgan fingerprint density at radius 2 is 2.10 bits per heavy atom. The highest BCUT2D eigenvalue weighted by Gasteiger charge is 2.25. The standard InChI is InChI=1S/C12H16F3N5/c1-2-16-9-8-20-7-6-18-11(20)10(19-9)17-5-3-4-12(13,14)15/h6-8,16H,2-5H2,1H3,(H,17,19). The number of aromatic nitrogens is 3. The third kappa shape index (κ3) is 3.75. The highest BCUT2D eigenvalue weighted by atomic mass is 19.4. The summed E-state index contributed by atoms with van der Waals surface area (Å²) < 4.78 is 38.0. The first-order valence-corrected chi connectivity index (χ1v) is 6.38. The Labute approximate surface area is 114 Å². The molecule has 0 saturated heterocycles. The number of nitrogens with one attached hydrogen (secondary N) is 2. The number of hydrogen-bond donors (Lipinski definition) is 2. The van der Waals surface area contributed by atoms with Crippen LogP contribution in [0, 0.1) is 0 Å². The first-order chi connectivity index (χ1) is 9.49. The van der Waals surface area contributed by atoms with Crippen molar-refractivity contribution in [2.45, 2.75) is 25.9 Å². The van der Waals surface area contributed by atoms with Gasteiger partial charge in [-0.2, -0.15) is 13.2 Å². The first kappa shape index (κ1) is 14.4. The molecule has 20 heavy (non-hydrogen) atoms. The number of imidazole rings is 1. The van der Waals surface area contributed by atoms with Gasteiger partial charge in [-0.1, -0.05) is 0 Å². The number of anilines is 2. The van der Waals surface area contributed by atoms with Crippen molar-refractivity contribution in [2.75, 3.05) is 23.7 Å². The Hall–Kier alpha value is -1.99. The van der Waals surface area contributed by atoms with E-state index in [4.69, 9.17) is 0 Å². The van der Waals surface area contributed by atoms with E-state index >= 15 is 0 Å². The van der Waals surface area contributed by atoms with Crippen molar-refractivity contribution in [3.05, 3.63) is 18.6 Å². The quantitative estimate of drug-likeness (QED) is 0.802. The Morgan fingerprint density at radius 3 is 2.80 bits per heavy atom. The Morgan fingerprint density at radius 1 is 1.30 bits per heavy atom. The molecule has 8 heteroatoms. The van der Waals surface area contributed by atoms with Crippen molar-refractivity contribution in [2.24, 2.45) is 0 Å². The minimum absolute atomic E-state index is 0.00345. The van der Waals surface area contributed by atoms with Gasteiger partial charge < -0.3 is 15.0 Å². The summed E-state index contributed by atoms with van der Waals surface area (Å²) in [5.74, 6) is 1.13. The summed E-state index contributed by atoms with van der Waals surface area (Å²) >= 11 is 0. The molecule has 0 bridgehead atoms. The molecule has 0 spiro atoms. The van der Waals surface area contributed by atoms with Crippen LogP contribution in [0.5, 0.6) is 0 Å². The minimum atomic E-state index is -4.12. The SMILES string of the molecule is CCNc1cn2ccnc2c(NCCCC(F)(F)F)n1. The monoisotopic (exact) mass is 287 g/mol. The van der Waals surface area contributed by atoms with Gasteiger partial charge in [0.2, 0.25) is 0 Å². The number of halogens is 3. The van der Waals surface area contributed by atoms with E-state index in [1.54, 1.807) is 23.0 Å². The normalized spacial score (nSPS) is 11.8. The molecule has 0 atom stereocenters. The molecule has 2 aromatic heterocycles. The van der Waals surface area contributed by atoms with Crippen LogP contribution in [-0.2, 0) is 0 Å². The third-order valence-electron chi connectivity index (χ3n) is 2.66. The van der Waals surface area contributed by atoms with E-state index in [0.29, 0.717) is 23.8 Å². The maximum Gasteiger partial charge on any atom is 0.389 e. The second-order valence-electron chi connectivity index (χ2n) is 4.31. The maximum absolute atomic E-state index is 12.1. The lowest BCUT2D eigenvalue weighted by atomic mass is 10.3. The van der Waals surface area contributed by atoms with Crippen LogP contribution < -0.4 is 10.6 Å². The fraction of sp³-hybridized carbons (Fsp3) is 0.500. The zero-order valence-electron chi connectivity index (χ0n) is 11.0. The lowest BCUT2D eigenvalue weighted by Crippen LogP contribution is -2.12. The molecule has 2 rings (SSSR count). The molecular weight excluding hydrogens is 271 g/mol. The summed E-state index contributed by atoms with van der Waals surface area (Å²) in [6.45, 7) is 2.85. The van der Waals surface area contributed by atoms with Gasteiger partial charge >= 0.3 is 6.18 Å². The van der Waals surface area contributed by atoms with Crippen LogP contribution in [0.25, 0.3) is 5.65 Å². The molecule has 0 fully saturated rings. The summed E-state index contributed by atoms with van der Waals surface area (Å²) in [6.07, 6.45) is 0.240. The number of hydrogen-bond acceptors (Lipinski definition) is 4. The average Bonchev–Trinajstić information content (AvgIpc) is 2.82. The topological polar surface area (TPSA) is 54.2 Å². The molecule has 0 aliphatic rings. The number of alkyl halides is 3. The lowest BCUT2D eigenvalue weighted by Gasteiger charge is -2.11. The van der Waals surface area contributed by atoms with Crippen LogP contribution in [0.3, 0.4) is 0 Å². The summed E-state index contributed by atoms with van der Waals surface area (Å²) in [6, 6.07) is 0. The van der Waals surface area contributed by atoms with Gasteiger partial charge in [-0.05, 0) is 13.3 Å². The van der Waals surface area contributed by atoms with Gasteiger partial charge in [0.1, 0.15) is 5.82 Å². The van der Waals surface area contributed by atoms with Gasteiger partial charge in [-0.3, -0.25) is 0 Å². The molecule has 0 aromatic carbocycles. The molecule has 2 N–H and O–H groups in total. The van der Waals surface area contributed by atoms with Crippen LogP contribution in [0.2, 0.25) is 0 Å². The van der Waals surface area contributed by atoms with Crippen LogP contribution in [0.1, 0.15) is 19.8 Å². The van der Waals surface area contributed by atoms with Crippen LogP contribution >= 0.6 is 0 Å². The van der Waals surface area contributed by atoms with E-state index in [-0.39, 0.29) is 13.0 Å². The predicted molar refractivity (Wildman–Crippen MR) is 70.9 cm³/mol. The van der Waals surface area contributed by atoms with Gasteiger partial charge in [0.15, 0.2) is 11.5 Å². The highest BCUT2D eigenvalue weighted by molar-refractivity contribution is 5.65. The van der Waals surface area contributed by atoms with E-state index in [1.165, 1.54) is 0 Å². The molecule has 0 amide bonds. The predicted octanol–water partition coefficient (Wildman–Crippen LogP) is 2.92. The van der Waals surface area contributed by atoms with E-state index in [1.807, 2.05) is 6.92 Å². The molecule has 0 saturated carbocycles. The van der Waals surface area contributed by atoms with Gasteiger partial charge in [0.25, 0.3) is 0 Å². The second kappa shape index (κ2) is 5.98. The highest BCUT2D eigenvalue weighted by Crippen LogP contribution is 2.22. The fourth-order valence-electron chi connectivity index (χ4n) is 1.81. The van der Waals surface area contributed by atoms with Crippen LogP contribution in [0.4, 0.5) is 24.8 Å². The van der Waals surface area contributed by atoms with Gasteiger partial charge in [0, 0.05) is 31.9 Å². The molecule has 0 unspecified atom stereocenters. The molecule has 0 radical (unpaired) electrons. The summed E-state index contributed by atoms with van der Waals surface area (Å²) in [7, 11) is 0. The van der Waals surface area contributed by atoms with Gasteiger partial charge in [-0.25, -0.2) is 9.97 Å². The molecule has 5 nitrogen and oxygen atoms in total. The molecule has 2 heterocycles. The van der Waals surface area contributed by atoms with E-state index in [9.17, 15) is 13.2 Å². The van der Waals surface area contributed by atoms with Crippen molar-refractivity contribution < 1.29 is 13.2 Å². The van der Waals surface area contributed by atoms with Crippen molar-refractivity contribution in [3.8, 4) is 0 Å². The largest absolute Gasteiger partial charge is 0.389 e. The second-order valence-corrected chi connectivity index (χ2v) is 4.31. The minimum Gasteiger partial charge on any atom is -0.369 e. The Bertz CT molecular complexity index is 564. The zero-order chi connectivity index (χ0) is 14.6. The third-order valence-corrected chi connectivity index (χ3v) is 2.66. The number of nitrogens with zero attached hydrogens (tertiary/aromatic N) is 3. The van der Waals surface area contributed by atoms with Crippen molar-refractivity contribution in [1.82, 2.24) is 14.4 Å². The van der Waals surface area contributed by atoms with E-state index < -0.39 is 12.6 Å². The van der Waals surface area contributed by atoms with Crippen molar-refractivity contribution in [1.29, 1.82) is 0 Å². The van der Waals surface area contributed by atoms with Crippen LogP contribution in [0.15, 0.2) is 18.6 Å². The molecule has 110 valence electrons. The molecule has 0 aliphatic heterocycles. The van der Waals surface area contributed by atoms with E-state index in [0.717, 1.165) is 0 Å². The van der Waals surface area contributed by atoms with Crippen molar-refractivity contribution in [3.63, 3.8) is 0 Å². The lowest BCUT2D eigenvalue weighted by molar-refractivity contribution is -0.134. The summed E-state index contributed by atoms with van der Waals surface area (Å²) in [4.78, 5) is 8.45. The van der Waals surface area contributed by atoms with Crippen molar-refractivity contribution >= 4 is 17.3 Å². The number of rotatable bonds is 6. The molecular formula is C12H16F3N5. The summed E-state index contributed by atoms with van der Waals surface area (Å²) in [5, 5.41) is 5.98. The summed E-state index contributed by atoms with van der Waals surface area (Å²) in [5.41, 5.74) is 0.596.